The van der Waals surface area contributed by atoms with E-state index in [2.05, 4.69) is 17.0 Å². The van der Waals surface area contributed by atoms with E-state index in [0.29, 0.717) is 28.6 Å². The molecule has 0 amide bonds. The molecule has 0 spiro atoms. The standard InChI is InChI=1S/C14H17Cl2N3O/c1-2-3-6-14(20,8-19-10-17-9-18-19)12-5-4-11(15)7-13(12)16/h4-5,7,9-10,20H,2-3,6,8H2,1H3/t14-/m1/s1. The quantitative estimate of drug-likeness (QED) is 0.885. The summed E-state index contributed by atoms with van der Waals surface area (Å²) < 4.78 is 1.61. The van der Waals surface area contributed by atoms with E-state index in [0.717, 1.165) is 12.8 Å². The van der Waals surface area contributed by atoms with Gasteiger partial charge in [-0.25, -0.2) is 9.67 Å². The number of benzene rings is 1. The summed E-state index contributed by atoms with van der Waals surface area (Å²) in [5.74, 6) is 0. The van der Waals surface area contributed by atoms with Crippen molar-refractivity contribution < 1.29 is 5.11 Å². The summed E-state index contributed by atoms with van der Waals surface area (Å²) in [6.07, 6.45) is 5.52. The molecule has 2 rings (SSSR count). The number of nitrogens with zero attached hydrogens (tertiary/aromatic N) is 3. The first-order valence-corrected chi connectivity index (χ1v) is 7.31. The van der Waals surface area contributed by atoms with Gasteiger partial charge in [0.05, 0.1) is 6.54 Å². The maximum absolute atomic E-state index is 11.0. The molecular formula is C14H17Cl2N3O. The van der Waals surface area contributed by atoms with Crippen molar-refractivity contribution >= 4 is 23.2 Å². The molecule has 0 aliphatic carbocycles. The van der Waals surface area contributed by atoms with Gasteiger partial charge in [-0.3, -0.25) is 0 Å². The van der Waals surface area contributed by atoms with E-state index in [9.17, 15) is 5.11 Å². The molecular weight excluding hydrogens is 297 g/mol. The first kappa shape index (κ1) is 15.3. The molecule has 1 aromatic carbocycles. The predicted molar refractivity (Wildman–Crippen MR) is 79.9 cm³/mol. The Balaban J connectivity index is 2.34. The lowest BCUT2D eigenvalue weighted by atomic mass is 9.88. The number of aliphatic hydroxyl groups is 1. The monoisotopic (exact) mass is 313 g/mol. The van der Waals surface area contributed by atoms with Crippen LogP contribution in [0.5, 0.6) is 0 Å². The van der Waals surface area contributed by atoms with Crippen LogP contribution in [0.15, 0.2) is 30.9 Å². The molecule has 1 atom stereocenters. The Bertz CT molecular complexity index is 560. The Morgan fingerprint density at radius 2 is 2.15 bits per heavy atom. The van der Waals surface area contributed by atoms with Crippen molar-refractivity contribution in [3.63, 3.8) is 0 Å². The summed E-state index contributed by atoms with van der Waals surface area (Å²) in [7, 11) is 0. The predicted octanol–water partition coefficient (Wildman–Crippen LogP) is 3.66. The Hall–Kier alpha value is -1.10. The number of rotatable bonds is 6. The van der Waals surface area contributed by atoms with Crippen LogP contribution in [0.25, 0.3) is 0 Å². The summed E-state index contributed by atoms with van der Waals surface area (Å²) in [5, 5.41) is 16.1. The zero-order valence-electron chi connectivity index (χ0n) is 11.3. The van der Waals surface area contributed by atoms with Crippen LogP contribution >= 0.6 is 23.2 Å². The van der Waals surface area contributed by atoms with E-state index >= 15 is 0 Å². The highest BCUT2D eigenvalue weighted by Gasteiger charge is 2.31. The van der Waals surface area contributed by atoms with Gasteiger partial charge in [-0.15, -0.1) is 0 Å². The summed E-state index contributed by atoms with van der Waals surface area (Å²) in [5.41, 5.74) is -0.404. The van der Waals surface area contributed by atoms with Crippen molar-refractivity contribution in [1.29, 1.82) is 0 Å². The van der Waals surface area contributed by atoms with Crippen molar-refractivity contribution in [3.05, 3.63) is 46.5 Å². The first-order valence-electron chi connectivity index (χ1n) is 6.55. The van der Waals surface area contributed by atoms with Gasteiger partial charge in [-0.1, -0.05) is 49.0 Å². The molecule has 0 bridgehead atoms. The van der Waals surface area contributed by atoms with Gasteiger partial charge in [-0.05, 0) is 18.6 Å². The summed E-state index contributed by atoms with van der Waals surface area (Å²) in [6.45, 7) is 2.40. The van der Waals surface area contributed by atoms with Gasteiger partial charge >= 0.3 is 0 Å². The van der Waals surface area contributed by atoms with Crippen LogP contribution < -0.4 is 0 Å². The lowest BCUT2D eigenvalue weighted by Crippen LogP contribution is -2.32. The summed E-state index contributed by atoms with van der Waals surface area (Å²) in [4.78, 5) is 3.90. The van der Waals surface area contributed by atoms with Gasteiger partial charge in [0, 0.05) is 15.6 Å². The van der Waals surface area contributed by atoms with E-state index in [1.807, 2.05) is 0 Å². The normalized spacial score (nSPS) is 14.2. The van der Waals surface area contributed by atoms with Crippen LogP contribution in [-0.4, -0.2) is 19.9 Å². The second-order valence-corrected chi connectivity index (χ2v) is 5.70. The Morgan fingerprint density at radius 3 is 2.75 bits per heavy atom. The third kappa shape index (κ3) is 3.51. The molecule has 0 saturated carbocycles. The van der Waals surface area contributed by atoms with E-state index in [4.69, 9.17) is 23.2 Å². The van der Waals surface area contributed by atoms with Crippen LogP contribution in [0.1, 0.15) is 31.7 Å². The molecule has 4 nitrogen and oxygen atoms in total. The van der Waals surface area contributed by atoms with E-state index in [1.54, 1.807) is 29.2 Å². The molecule has 1 heterocycles. The maximum Gasteiger partial charge on any atom is 0.137 e. The van der Waals surface area contributed by atoms with Crippen LogP contribution in [0.4, 0.5) is 0 Å². The summed E-state index contributed by atoms with van der Waals surface area (Å²) in [6, 6.07) is 5.16. The molecule has 6 heteroatoms. The Morgan fingerprint density at radius 1 is 1.35 bits per heavy atom. The lowest BCUT2D eigenvalue weighted by molar-refractivity contribution is 0.00429. The van der Waals surface area contributed by atoms with Gasteiger partial charge in [0.25, 0.3) is 0 Å². The topological polar surface area (TPSA) is 50.9 Å². The Kier molecular flexibility index (Phi) is 5.02. The summed E-state index contributed by atoms with van der Waals surface area (Å²) >= 11 is 12.2. The van der Waals surface area contributed by atoms with Gasteiger partial charge in [0.1, 0.15) is 18.3 Å². The van der Waals surface area contributed by atoms with Gasteiger partial charge in [0.2, 0.25) is 0 Å². The minimum atomic E-state index is -1.08. The minimum Gasteiger partial charge on any atom is -0.383 e. The highest BCUT2D eigenvalue weighted by molar-refractivity contribution is 6.35. The lowest BCUT2D eigenvalue weighted by Gasteiger charge is -2.29. The zero-order valence-corrected chi connectivity index (χ0v) is 12.8. The highest BCUT2D eigenvalue weighted by Crippen LogP contribution is 2.35. The minimum absolute atomic E-state index is 0.314. The van der Waals surface area contributed by atoms with Crippen molar-refractivity contribution in [3.8, 4) is 0 Å². The Labute approximate surface area is 128 Å². The van der Waals surface area contributed by atoms with Crippen LogP contribution in [-0.2, 0) is 12.1 Å². The fourth-order valence-corrected chi connectivity index (χ4v) is 2.80. The molecule has 1 N–H and O–H groups in total. The molecule has 108 valence electrons. The van der Waals surface area contributed by atoms with Crippen LogP contribution in [0, 0.1) is 0 Å². The number of unbranched alkanes of at least 4 members (excludes halogenated alkanes) is 1. The fourth-order valence-electron chi connectivity index (χ4n) is 2.22. The number of hydrogen-bond acceptors (Lipinski definition) is 3. The fraction of sp³-hybridized carbons (Fsp3) is 0.429. The maximum atomic E-state index is 11.0. The van der Waals surface area contributed by atoms with E-state index < -0.39 is 5.60 Å². The molecule has 1 aromatic heterocycles. The zero-order chi connectivity index (χ0) is 14.6. The first-order chi connectivity index (χ1) is 9.55. The third-order valence-electron chi connectivity index (χ3n) is 3.27. The van der Waals surface area contributed by atoms with Crippen molar-refractivity contribution in [2.75, 3.05) is 0 Å². The van der Waals surface area contributed by atoms with Crippen molar-refractivity contribution in [2.24, 2.45) is 0 Å². The number of halogens is 2. The molecule has 20 heavy (non-hydrogen) atoms. The SMILES string of the molecule is CCCC[C@@](O)(Cn1cncn1)c1ccc(Cl)cc1Cl. The van der Waals surface area contributed by atoms with E-state index in [1.165, 1.54) is 6.33 Å². The third-order valence-corrected chi connectivity index (χ3v) is 3.81. The van der Waals surface area contributed by atoms with E-state index in [-0.39, 0.29) is 0 Å². The molecule has 0 fully saturated rings. The van der Waals surface area contributed by atoms with Crippen LogP contribution in [0.2, 0.25) is 10.0 Å². The van der Waals surface area contributed by atoms with Gasteiger partial charge < -0.3 is 5.11 Å². The molecule has 2 aromatic rings. The second-order valence-electron chi connectivity index (χ2n) is 4.85. The van der Waals surface area contributed by atoms with Crippen molar-refractivity contribution in [1.82, 2.24) is 14.8 Å². The number of hydrogen-bond donors (Lipinski definition) is 1. The number of aromatic nitrogens is 3. The van der Waals surface area contributed by atoms with Crippen LogP contribution in [0.3, 0.4) is 0 Å². The van der Waals surface area contributed by atoms with Crippen molar-refractivity contribution in [2.45, 2.75) is 38.3 Å². The molecule has 0 saturated heterocycles. The van der Waals surface area contributed by atoms with Gasteiger partial charge in [0.15, 0.2) is 0 Å². The second kappa shape index (κ2) is 6.57. The smallest absolute Gasteiger partial charge is 0.137 e. The molecule has 0 aliphatic heterocycles. The average Bonchev–Trinajstić information content (AvgIpc) is 2.88. The highest BCUT2D eigenvalue weighted by atomic mass is 35.5. The molecule has 0 radical (unpaired) electrons. The van der Waals surface area contributed by atoms with Gasteiger partial charge in [-0.2, -0.15) is 5.10 Å². The average molecular weight is 314 g/mol. The molecule has 0 aliphatic rings. The largest absolute Gasteiger partial charge is 0.383 e. The molecule has 0 unspecified atom stereocenters.